The van der Waals surface area contributed by atoms with Crippen LogP contribution in [-0.4, -0.2) is 51.4 Å². The maximum atomic E-state index is 4.87. The molecule has 30 heavy (non-hydrogen) atoms. The normalized spacial score (nSPS) is 19.7. The van der Waals surface area contributed by atoms with Gasteiger partial charge in [0.2, 0.25) is 5.82 Å². The Morgan fingerprint density at radius 2 is 1.97 bits per heavy atom. The Kier molecular flexibility index (Phi) is 5.95. The standard InChI is InChI=1S/C22H31N7S/c1-2-3-11-19(21-24-25-26-29(21)17-8-4-5-9-17)27-13-15-28(16-14-27)22-23-18-10-6-7-12-20(18)30-22/h6-7,10,12,17,19H,2-5,8-9,11,13-16H2,1H3/p+1/t19-/m0/s1. The second-order valence-corrected chi connectivity index (χ2v) is 9.73. The summed E-state index contributed by atoms with van der Waals surface area (Å²) in [7, 11) is 0. The van der Waals surface area contributed by atoms with Crippen LogP contribution in [0, 0.1) is 0 Å². The fourth-order valence-corrected chi connectivity index (χ4v) is 6.11. The van der Waals surface area contributed by atoms with Gasteiger partial charge in [0.1, 0.15) is 6.04 Å². The molecule has 2 fully saturated rings. The molecule has 1 aliphatic heterocycles. The molecule has 2 aliphatic rings. The van der Waals surface area contributed by atoms with Gasteiger partial charge in [-0.2, -0.15) is 0 Å². The van der Waals surface area contributed by atoms with Crippen LogP contribution >= 0.6 is 11.3 Å². The Bertz CT molecular complexity index is 920. The van der Waals surface area contributed by atoms with Gasteiger partial charge in [0.15, 0.2) is 5.13 Å². The molecule has 2 aromatic heterocycles. The fourth-order valence-electron chi connectivity index (χ4n) is 5.09. The summed E-state index contributed by atoms with van der Waals surface area (Å²) in [6.07, 6.45) is 8.66. The van der Waals surface area contributed by atoms with E-state index in [1.54, 1.807) is 4.90 Å². The molecule has 5 rings (SSSR count). The van der Waals surface area contributed by atoms with Gasteiger partial charge in [-0.1, -0.05) is 49.7 Å². The van der Waals surface area contributed by atoms with E-state index in [-0.39, 0.29) is 0 Å². The van der Waals surface area contributed by atoms with E-state index in [4.69, 9.17) is 4.98 Å². The number of hydrogen-bond acceptors (Lipinski definition) is 6. The topological polar surface area (TPSA) is 64.2 Å². The van der Waals surface area contributed by atoms with Crippen LogP contribution in [0.5, 0.6) is 0 Å². The Labute approximate surface area is 182 Å². The lowest BCUT2D eigenvalue weighted by molar-refractivity contribution is -0.933. The largest absolute Gasteiger partial charge is 0.337 e. The van der Waals surface area contributed by atoms with Crippen LogP contribution in [0.3, 0.4) is 0 Å². The quantitative estimate of drug-likeness (QED) is 0.629. The van der Waals surface area contributed by atoms with Crippen molar-refractivity contribution in [3.63, 3.8) is 0 Å². The van der Waals surface area contributed by atoms with Crippen LogP contribution in [0.1, 0.15) is 69.8 Å². The number of unbranched alkanes of at least 4 members (excludes halogenated alkanes) is 1. The number of fused-ring (bicyclic) bond motifs is 1. The lowest BCUT2D eigenvalue weighted by atomic mass is 10.1. The number of tetrazole rings is 1. The molecule has 0 unspecified atom stereocenters. The van der Waals surface area contributed by atoms with Crippen LogP contribution in [0.2, 0.25) is 0 Å². The number of anilines is 1. The average molecular weight is 427 g/mol. The van der Waals surface area contributed by atoms with E-state index in [0.29, 0.717) is 12.1 Å². The molecule has 0 radical (unpaired) electrons. The summed E-state index contributed by atoms with van der Waals surface area (Å²) < 4.78 is 3.46. The lowest BCUT2D eigenvalue weighted by Crippen LogP contribution is -3.15. The van der Waals surface area contributed by atoms with Crippen molar-refractivity contribution in [2.45, 2.75) is 64.0 Å². The molecule has 1 aliphatic carbocycles. The maximum absolute atomic E-state index is 4.87. The van der Waals surface area contributed by atoms with Crippen molar-refractivity contribution >= 4 is 26.7 Å². The second kappa shape index (κ2) is 8.98. The number of para-hydroxylation sites is 1. The van der Waals surface area contributed by atoms with Gasteiger partial charge in [-0.25, -0.2) is 9.67 Å². The molecule has 1 aromatic carbocycles. The Morgan fingerprint density at radius 3 is 2.73 bits per heavy atom. The number of rotatable bonds is 7. The van der Waals surface area contributed by atoms with E-state index in [0.717, 1.165) is 42.7 Å². The first kappa shape index (κ1) is 19.9. The summed E-state index contributed by atoms with van der Waals surface area (Å²) in [6.45, 7) is 6.59. The third kappa shape index (κ3) is 3.95. The Morgan fingerprint density at radius 1 is 1.17 bits per heavy atom. The zero-order valence-corrected chi connectivity index (χ0v) is 18.7. The molecule has 1 atom stereocenters. The van der Waals surface area contributed by atoms with Gasteiger partial charge >= 0.3 is 0 Å². The predicted octanol–water partition coefficient (Wildman–Crippen LogP) is 3.03. The minimum absolute atomic E-state index is 0.401. The van der Waals surface area contributed by atoms with Gasteiger partial charge in [0, 0.05) is 6.42 Å². The molecular weight excluding hydrogens is 394 g/mol. The van der Waals surface area contributed by atoms with E-state index in [1.807, 2.05) is 11.3 Å². The van der Waals surface area contributed by atoms with E-state index < -0.39 is 0 Å². The molecule has 1 saturated carbocycles. The van der Waals surface area contributed by atoms with Gasteiger partial charge in [0.25, 0.3) is 0 Å². The lowest BCUT2D eigenvalue weighted by Gasteiger charge is -2.36. The Balaban J connectivity index is 1.31. The van der Waals surface area contributed by atoms with Gasteiger partial charge in [-0.05, 0) is 41.8 Å². The number of aromatic nitrogens is 5. The molecule has 3 aromatic rings. The van der Waals surface area contributed by atoms with Crippen molar-refractivity contribution in [1.29, 1.82) is 0 Å². The molecule has 7 nitrogen and oxygen atoms in total. The zero-order chi connectivity index (χ0) is 20.3. The summed E-state index contributed by atoms with van der Waals surface area (Å²) >= 11 is 1.81. The number of quaternary nitrogens is 1. The van der Waals surface area contributed by atoms with Crippen molar-refractivity contribution in [2.75, 3.05) is 31.1 Å². The summed E-state index contributed by atoms with van der Waals surface area (Å²) in [5, 5.41) is 14.3. The van der Waals surface area contributed by atoms with Crippen LogP contribution in [-0.2, 0) is 0 Å². The fraction of sp³-hybridized carbons (Fsp3) is 0.636. The summed E-state index contributed by atoms with van der Waals surface area (Å²) in [6, 6.07) is 9.35. The maximum Gasteiger partial charge on any atom is 0.209 e. The molecule has 8 heteroatoms. The van der Waals surface area contributed by atoms with Gasteiger partial charge in [-0.3, -0.25) is 0 Å². The van der Waals surface area contributed by atoms with Crippen molar-refractivity contribution in [3.05, 3.63) is 30.1 Å². The first-order valence-electron chi connectivity index (χ1n) is 11.6. The van der Waals surface area contributed by atoms with Crippen LogP contribution < -0.4 is 9.80 Å². The van der Waals surface area contributed by atoms with Gasteiger partial charge < -0.3 is 9.80 Å². The van der Waals surface area contributed by atoms with E-state index in [2.05, 4.69) is 56.3 Å². The van der Waals surface area contributed by atoms with Crippen molar-refractivity contribution in [3.8, 4) is 0 Å². The summed E-state index contributed by atoms with van der Waals surface area (Å²) in [5.41, 5.74) is 1.11. The molecule has 0 spiro atoms. The highest BCUT2D eigenvalue weighted by Gasteiger charge is 2.34. The average Bonchev–Trinajstić information content (AvgIpc) is 3.54. The van der Waals surface area contributed by atoms with Gasteiger partial charge in [0.05, 0.1) is 42.4 Å². The number of piperazine rings is 1. The molecule has 1 saturated heterocycles. The minimum Gasteiger partial charge on any atom is -0.337 e. The van der Waals surface area contributed by atoms with Crippen molar-refractivity contribution in [1.82, 2.24) is 25.2 Å². The first-order chi connectivity index (χ1) is 14.8. The first-order valence-corrected chi connectivity index (χ1v) is 12.4. The van der Waals surface area contributed by atoms with Crippen LogP contribution in [0.15, 0.2) is 24.3 Å². The monoisotopic (exact) mass is 426 g/mol. The second-order valence-electron chi connectivity index (χ2n) is 8.72. The smallest absolute Gasteiger partial charge is 0.209 e. The highest BCUT2D eigenvalue weighted by atomic mass is 32.1. The molecule has 160 valence electrons. The predicted molar refractivity (Wildman–Crippen MR) is 120 cm³/mol. The molecule has 0 bridgehead atoms. The van der Waals surface area contributed by atoms with Gasteiger partial charge in [-0.15, -0.1) is 5.10 Å². The zero-order valence-electron chi connectivity index (χ0n) is 17.8. The van der Waals surface area contributed by atoms with Crippen LogP contribution in [0.4, 0.5) is 5.13 Å². The Hall–Kier alpha value is -2.06. The minimum atomic E-state index is 0.401. The number of hydrogen-bond donors (Lipinski definition) is 1. The highest BCUT2D eigenvalue weighted by molar-refractivity contribution is 7.22. The number of thiazole rings is 1. The van der Waals surface area contributed by atoms with Crippen LogP contribution in [0.25, 0.3) is 10.2 Å². The molecule has 1 N–H and O–H groups in total. The van der Waals surface area contributed by atoms with Crippen molar-refractivity contribution < 1.29 is 4.90 Å². The number of nitrogens with one attached hydrogen (secondary N) is 1. The molecule has 0 amide bonds. The molecule has 3 heterocycles. The third-order valence-electron chi connectivity index (χ3n) is 6.80. The number of nitrogens with zero attached hydrogens (tertiary/aromatic N) is 6. The summed E-state index contributed by atoms with van der Waals surface area (Å²) in [4.78, 5) is 8.97. The summed E-state index contributed by atoms with van der Waals surface area (Å²) in [5.74, 6) is 1.12. The van der Waals surface area contributed by atoms with E-state index >= 15 is 0 Å². The van der Waals surface area contributed by atoms with E-state index in [1.165, 1.54) is 49.6 Å². The number of benzene rings is 1. The third-order valence-corrected chi connectivity index (χ3v) is 7.90. The van der Waals surface area contributed by atoms with E-state index in [9.17, 15) is 0 Å². The molecular formula is C22H32N7S+. The van der Waals surface area contributed by atoms with Crippen molar-refractivity contribution in [2.24, 2.45) is 0 Å². The highest BCUT2D eigenvalue weighted by Crippen LogP contribution is 2.31. The SMILES string of the molecule is CCCC[C@@H](c1nnnn1C1CCCC1)[NH+]1CCN(c2nc3ccccc3s2)CC1.